The zero-order valence-corrected chi connectivity index (χ0v) is 14.8. The Labute approximate surface area is 147 Å². The zero-order valence-electron chi connectivity index (χ0n) is 14.8. The van der Waals surface area contributed by atoms with Gasteiger partial charge in [0.05, 0.1) is 18.8 Å². The molecule has 3 rings (SSSR count). The maximum atomic E-state index is 12.2. The van der Waals surface area contributed by atoms with Crippen molar-refractivity contribution in [1.82, 2.24) is 25.6 Å². The van der Waals surface area contributed by atoms with Crippen LogP contribution in [0.2, 0.25) is 0 Å². The Hall–Kier alpha value is -2.41. The Morgan fingerprint density at radius 3 is 2.72 bits per heavy atom. The minimum atomic E-state index is -0.218. The normalized spacial score (nSPS) is 15.1. The highest BCUT2D eigenvalue weighted by Gasteiger charge is 2.18. The van der Waals surface area contributed by atoms with Gasteiger partial charge in [-0.3, -0.25) is 4.79 Å². The summed E-state index contributed by atoms with van der Waals surface area (Å²) in [6.45, 7) is 6.85. The number of nitrogens with zero attached hydrogens (tertiary/aromatic N) is 3. The highest BCUT2D eigenvalue weighted by molar-refractivity contribution is 5.91. The molecule has 0 saturated carbocycles. The number of amides is 1. The van der Waals surface area contributed by atoms with Crippen molar-refractivity contribution in [2.75, 3.05) is 26.2 Å². The summed E-state index contributed by atoms with van der Waals surface area (Å²) in [7, 11) is 0. The highest BCUT2D eigenvalue weighted by Crippen LogP contribution is 2.17. The van der Waals surface area contributed by atoms with E-state index in [2.05, 4.69) is 27.0 Å². The molecule has 0 spiro atoms. The molecule has 0 radical (unpaired) electrons. The third kappa shape index (κ3) is 4.79. The summed E-state index contributed by atoms with van der Waals surface area (Å²) in [6, 6.07) is 6.39. The molecule has 1 amide bonds. The van der Waals surface area contributed by atoms with Crippen molar-refractivity contribution in [3.05, 3.63) is 41.2 Å². The van der Waals surface area contributed by atoms with E-state index in [0.29, 0.717) is 24.9 Å². The van der Waals surface area contributed by atoms with Crippen LogP contribution in [-0.2, 0) is 0 Å². The summed E-state index contributed by atoms with van der Waals surface area (Å²) in [5, 5.41) is 14.2. The topological polar surface area (TPSA) is 81.1 Å². The molecular weight excluding hydrogens is 318 g/mol. The largest absolute Gasteiger partial charge is 0.492 e. The van der Waals surface area contributed by atoms with Gasteiger partial charge in [-0.05, 0) is 63.0 Å². The second-order valence-corrected chi connectivity index (χ2v) is 6.49. The third-order valence-electron chi connectivity index (χ3n) is 4.28. The first-order chi connectivity index (χ1) is 12.1. The Kier molecular flexibility index (Phi) is 5.65. The summed E-state index contributed by atoms with van der Waals surface area (Å²) in [5.41, 5.74) is 2.67. The molecule has 1 aromatic heterocycles. The van der Waals surface area contributed by atoms with Gasteiger partial charge in [0.1, 0.15) is 12.4 Å². The Balaban J connectivity index is 1.45. The van der Waals surface area contributed by atoms with Crippen molar-refractivity contribution in [2.45, 2.75) is 32.7 Å². The summed E-state index contributed by atoms with van der Waals surface area (Å²) in [5.74, 6) is 0.604. The molecule has 7 nitrogen and oxygen atoms in total. The molecule has 7 heteroatoms. The van der Waals surface area contributed by atoms with Crippen LogP contribution >= 0.6 is 0 Å². The molecule has 1 fully saturated rings. The summed E-state index contributed by atoms with van der Waals surface area (Å²) < 4.78 is 7.50. The van der Waals surface area contributed by atoms with Gasteiger partial charge in [-0.2, -0.15) is 0 Å². The molecule has 0 atom stereocenters. The molecule has 1 aliphatic rings. The van der Waals surface area contributed by atoms with Gasteiger partial charge in [-0.15, -0.1) is 5.10 Å². The number of ether oxygens (including phenoxy) is 1. The standard InChI is InChI=1S/C18H25N5O2/c1-13-9-14(2)11-16(10-13)25-8-7-20-18(24)17-12-23(22-21-17)15-3-5-19-6-4-15/h9-12,15,19H,3-8H2,1-2H3,(H,20,24). The number of nitrogens with one attached hydrogen (secondary N) is 2. The van der Waals surface area contributed by atoms with Crippen LogP contribution in [0.4, 0.5) is 0 Å². The van der Waals surface area contributed by atoms with Crippen molar-refractivity contribution >= 4 is 5.91 Å². The van der Waals surface area contributed by atoms with Crippen LogP contribution in [0, 0.1) is 13.8 Å². The van der Waals surface area contributed by atoms with Crippen LogP contribution in [0.5, 0.6) is 5.75 Å². The van der Waals surface area contributed by atoms with Gasteiger partial charge in [0.15, 0.2) is 5.69 Å². The fourth-order valence-electron chi connectivity index (χ4n) is 3.07. The SMILES string of the molecule is Cc1cc(C)cc(OCCNC(=O)c2cn(C3CCNCC3)nn2)c1. The minimum Gasteiger partial charge on any atom is -0.492 e. The van der Waals surface area contributed by atoms with Gasteiger partial charge in [-0.25, -0.2) is 4.68 Å². The first-order valence-corrected chi connectivity index (χ1v) is 8.73. The smallest absolute Gasteiger partial charge is 0.273 e. The molecule has 0 bridgehead atoms. The summed E-state index contributed by atoms with van der Waals surface area (Å²) in [4.78, 5) is 12.2. The lowest BCUT2D eigenvalue weighted by Gasteiger charge is -2.22. The van der Waals surface area contributed by atoms with E-state index in [1.54, 1.807) is 6.20 Å². The van der Waals surface area contributed by atoms with E-state index in [1.165, 1.54) is 0 Å². The van der Waals surface area contributed by atoms with Gasteiger partial charge in [0.25, 0.3) is 5.91 Å². The quantitative estimate of drug-likeness (QED) is 0.779. The lowest BCUT2D eigenvalue weighted by molar-refractivity contribution is 0.0942. The number of rotatable bonds is 6. The molecule has 134 valence electrons. The van der Waals surface area contributed by atoms with Gasteiger partial charge >= 0.3 is 0 Å². The third-order valence-corrected chi connectivity index (χ3v) is 4.28. The van der Waals surface area contributed by atoms with Crippen molar-refractivity contribution in [3.8, 4) is 5.75 Å². The van der Waals surface area contributed by atoms with E-state index >= 15 is 0 Å². The minimum absolute atomic E-state index is 0.218. The maximum absolute atomic E-state index is 12.2. The fourth-order valence-corrected chi connectivity index (χ4v) is 3.07. The average molecular weight is 343 g/mol. The van der Waals surface area contributed by atoms with Crippen molar-refractivity contribution in [1.29, 1.82) is 0 Å². The van der Waals surface area contributed by atoms with E-state index in [-0.39, 0.29) is 5.91 Å². The van der Waals surface area contributed by atoms with E-state index in [4.69, 9.17) is 4.74 Å². The lowest BCUT2D eigenvalue weighted by atomic mass is 10.1. The van der Waals surface area contributed by atoms with Crippen molar-refractivity contribution in [2.24, 2.45) is 0 Å². The number of hydrogen-bond acceptors (Lipinski definition) is 5. The summed E-state index contributed by atoms with van der Waals surface area (Å²) >= 11 is 0. The Morgan fingerprint density at radius 2 is 2.00 bits per heavy atom. The number of benzene rings is 1. The molecule has 25 heavy (non-hydrogen) atoms. The number of hydrogen-bond donors (Lipinski definition) is 2. The van der Waals surface area contributed by atoms with Crippen molar-refractivity contribution < 1.29 is 9.53 Å². The molecule has 2 aromatic rings. The van der Waals surface area contributed by atoms with Gasteiger partial charge < -0.3 is 15.4 Å². The molecule has 0 aliphatic carbocycles. The van der Waals surface area contributed by atoms with Crippen LogP contribution in [0.3, 0.4) is 0 Å². The van der Waals surface area contributed by atoms with Crippen LogP contribution in [0.1, 0.15) is 40.5 Å². The fraction of sp³-hybridized carbons (Fsp3) is 0.500. The summed E-state index contributed by atoms with van der Waals surface area (Å²) in [6.07, 6.45) is 3.75. The number of aromatic nitrogens is 3. The molecule has 1 aliphatic heterocycles. The van der Waals surface area contributed by atoms with Crippen LogP contribution in [0.25, 0.3) is 0 Å². The van der Waals surface area contributed by atoms with E-state index in [0.717, 1.165) is 42.8 Å². The molecule has 0 unspecified atom stereocenters. The van der Waals surface area contributed by atoms with Crippen molar-refractivity contribution in [3.63, 3.8) is 0 Å². The number of piperidine rings is 1. The van der Waals surface area contributed by atoms with Crippen LogP contribution < -0.4 is 15.4 Å². The Bertz CT molecular complexity index is 702. The molecule has 2 N–H and O–H groups in total. The lowest BCUT2D eigenvalue weighted by Crippen LogP contribution is -2.30. The highest BCUT2D eigenvalue weighted by atomic mass is 16.5. The Morgan fingerprint density at radius 1 is 1.28 bits per heavy atom. The van der Waals surface area contributed by atoms with Crippen LogP contribution in [0.15, 0.2) is 24.4 Å². The maximum Gasteiger partial charge on any atom is 0.273 e. The second kappa shape index (κ2) is 8.11. The first-order valence-electron chi connectivity index (χ1n) is 8.73. The average Bonchev–Trinajstić information content (AvgIpc) is 3.09. The van der Waals surface area contributed by atoms with E-state index in [1.807, 2.05) is 30.7 Å². The molecule has 1 saturated heterocycles. The number of aryl methyl sites for hydroxylation is 2. The van der Waals surface area contributed by atoms with Gasteiger partial charge in [-0.1, -0.05) is 11.3 Å². The second-order valence-electron chi connectivity index (χ2n) is 6.49. The van der Waals surface area contributed by atoms with Crippen LogP contribution in [-0.4, -0.2) is 47.1 Å². The predicted molar refractivity (Wildman–Crippen MR) is 94.9 cm³/mol. The number of carbonyl (C=O) groups is 1. The predicted octanol–water partition coefficient (Wildman–Crippen LogP) is 1.63. The monoisotopic (exact) mass is 343 g/mol. The van der Waals surface area contributed by atoms with Gasteiger partial charge in [0, 0.05) is 0 Å². The number of carbonyl (C=O) groups excluding carboxylic acids is 1. The molecule has 2 heterocycles. The molecular formula is C18H25N5O2. The van der Waals surface area contributed by atoms with E-state index < -0.39 is 0 Å². The zero-order chi connectivity index (χ0) is 17.6. The molecule has 1 aromatic carbocycles. The van der Waals surface area contributed by atoms with E-state index in [9.17, 15) is 4.79 Å². The first kappa shape index (κ1) is 17.4. The van der Waals surface area contributed by atoms with Gasteiger partial charge in [0.2, 0.25) is 0 Å².